The second kappa shape index (κ2) is 8.01. The second-order valence-corrected chi connectivity index (χ2v) is 2.93. The summed E-state index contributed by atoms with van der Waals surface area (Å²) in [5.74, 6) is -1.26. The molecule has 2 amide bonds. The summed E-state index contributed by atoms with van der Waals surface area (Å²) in [6.07, 6.45) is 0.751. The van der Waals surface area contributed by atoms with Crippen LogP contribution in [0.3, 0.4) is 0 Å². The van der Waals surface area contributed by atoms with E-state index in [0.717, 1.165) is 13.0 Å². The van der Waals surface area contributed by atoms with Crippen LogP contribution in [0.25, 0.3) is 0 Å². The van der Waals surface area contributed by atoms with Crippen LogP contribution in [-0.4, -0.2) is 55.0 Å². The Morgan fingerprint density at radius 3 is 2.47 bits per heavy atom. The molecule has 7 nitrogen and oxygen atoms in total. The number of nitrogens with one attached hydrogen (secondary N) is 3. The SMILES string of the molecule is CNCCCNC(=O)N[C@H](CO)C(=O)O. The molecule has 0 saturated carbocycles. The van der Waals surface area contributed by atoms with Gasteiger partial charge in [0.15, 0.2) is 6.04 Å². The number of carboxylic acid groups (broad SMARTS) is 1. The quantitative estimate of drug-likeness (QED) is 0.329. The first kappa shape index (κ1) is 13.7. The van der Waals surface area contributed by atoms with Crippen molar-refractivity contribution in [1.29, 1.82) is 0 Å². The van der Waals surface area contributed by atoms with Gasteiger partial charge in [0.25, 0.3) is 0 Å². The summed E-state index contributed by atoms with van der Waals surface area (Å²) in [4.78, 5) is 21.5. The summed E-state index contributed by atoms with van der Waals surface area (Å²) in [6.45, 7) is 0.590. The predicted molar refractivity (Wildman–Crippen MR) is 53.6 cm³/mol. The average Bonchev–Trinajstić information content (AvgIpc) is 2.20. The number of hydrogen-bond acceptors (Lipinski definition) is 4. The number of rotatable bonds is 7. The van der Waals surface area contributed by atoms with Crippen molar-refractivity contribution < 1.29 is 19.8 Å². The maximum Gasteiger partial charge on any atom is 0.328 e. The molecule has 0 spiro atoms. The number of hydrogen-bond donors (Lipinski definition) is 5. The molecule has 0 rings (SSSR count). The van der Waals surface area contributed by atoms with Gasteiger partial charge in [0, 0.05) is 6.54 Å². The number of carboxylic acids is 1. The minimum Gasteiger partial charge on any atom is -0.480 e. The van der Waals surface area contributed by atoms with Crippen molar-refractivity contribution in [3.05, 3.63) is 0 Å². The van der Waals surface area contributed by atoms with Crippen molar-refractivity contribution in [2.45, 2.75) is 12.5 Å². The van der Waals surface area contributed by atoms with E-state index in [4.69, 9.17) is 10.2 Å². The fourth-order valence-electron chi connectivity index (χ4n) is 0.862. The predicted octanol–water partition coefficient (Wildman–Crippen LogP) is -1.66. The molecule has 0 bridgehead atoms. The molecule has 0 radical (unpaired) electrons. The lowest BCUT2D eigenvalue weighted by Crippen LogP contribution is -2.48. The van der Waals surface area contributed by atoms with Gasteiger partial charge in [-0.05, 0) is 20.0 Å². The van der Waals surface area contributed by atoms with Crippen LogP contribution in [0, 0.1) is 0 Å². The van der Waals surface area contributed by atoms with Gasteiger partial charge in [0.05, 0.1) is 6.61 Å². The van der Waals surface area contributed by atoms with Crippen molar-refractivity contribution >= 4 is 12.0 Å². The number of aliphatic hydroxyl groups is 1. The molecule has 0 fully saturated rings. The Bertz CT molecular complexity index is 210. The van der Waals surface area contributed by atoms with Crippen LogP contribution in [-0.2, 0) is 4.79 Å². The van der Waals surface area contributed by atoms with Gasteiger partial charge in [0.2, 0.25) is 0 Å². The summed E-state index contributed by atoms with van der Waals surface area (Å²) < 4.78 is 0. The Hall–Kier alpha value is -1.34. The second-order valence-electron chi connectivity index (χ2n) is 2.93. The fraction of sp³-hybridized carbons (Fsp3) is 0.750. The monoisotopic (exact) mass is 219 g/mol. The lowest BCUT2D eigenvalue weighted by atomic mass is 10.3. The van der Waals surface area contributed by atoms with E-state index in [-0.39, 0.29) is 0 Å². The molecule has 0 aliphatic rings. The Labute approximate surface area is 87.9 Å². The van der Waals surface area contributed by atoms with Crippen molar-refractivity contribution in [2.75, 3.05) is 26.7 Å². The molecule has 0 aliphatic carbocycles. The van der Waals surface area contributed by atoms with Gasteiger partial charge >= 0.3 is 12.0 Å². The van der Waals surface area contributed by atoms with Crippen LogP contribution in [0.2, 0.25) is 0 Å². The highest BCUT2D eigenvalue weighted by molar-refractivity contribution is 5.82. The number of carbonyl (C=O) groups excluding carboxylic acids is 1. The van der Waals surface area contributed by atoms with E-state index in [1.54, 1.807) is 7.05 Å². The van der Waals surface area contributed by atoms with Crippen LogP contribution in [0.1, 0.15) is 6.42 Å². The first-order chi connectivity index (χ1) is 7.11. The standard InChI is InChI=1S/C8H17N3O4/c1-9-3-2-4-10-8(15)11-6(5-12)7(13)14/h6,9,12H,2-5H2,1H3,(H,13,14)(H2,10,11,15)/t6-/m1/s1. The van der Waals surface area contributed by atoms with Crippen LogP contribution in [0.5, 0.6) is 0 Å². The van der Waals surface area contributed by atoms with Gasteiger partial charge in [-0.1, -0.05) is 0 Å². The Kier molecular flexibility index (Phi) is 7.29. The van der Waals surface area contributed by atoms with E-state index in [1.807, 2.05) is 0 Å². The molecule has 5 N–H and O–H groups in total. The van der Waals surface area contributed by atoms with E-state index >= 15 is 0 Å². The Balaban J connectivity index is 3.67. The normalized spacial score (nSPS) is 11.9. The molecule has 0 aliphatic heterocycles. The van der Waals surface area contributed by atoms with Crippen LogP contribution >= 0.6 is 0 Å². The molecule has 0 unspecified atom stereocenters. The number of carbonyl (C=O) groups is 2. The summed E-state index contributed by atoms with van der Waals surface area (Å²) >= 11 is 0. The maximum atomic E-state index is 11.1. The third-order valence-corrected chi connectivity index (χ3v) is 1.68. The third-order valence-electron chi connectivity index (χ3n) is 1.68. The molecular formula is C8H17N3O4. The highest BCUT2D eigenvalue weighted by atomic mass is 16.4. The van der Waals surface area contributed by atoms with Gasteiger partial charge in [-0.2, -0.15) is 0 Å². The molecule has 0 aromatic rings. The molecule has 0 aromatic carbocycles. The first-order valence-electron chi connectivity index (χ1n) is 4.64. The smallest absolute Gasteiger partial charge is 0.328 e. The van der Waals surface area contributed by atoms with Crippen molar-refractivity contribution in [3.63, 3.8) is 0 Å². The molecule has 0 aromatic heterocycles. The van der Waals surface area contributed by atoms with E-state index in [1.165, 1.54) is 0 Å². The lowest BCUT2D eigenvalue weighted by molar-refractivity contribution is -0.140. The third kappa shape index (κ3) is 6.69. The van der Waals surface area contributed by atoms with Crippen molar-refractivity contribution in [1.82, 2.24) is 16.0 Å². The summed E-state index contributed by atoms with van der Waals surface area (Å²) in [6, 6.07) is -1.85. The zero-order valence-corrected chi connectivity index (χ0v) is 8.62. The van der Waals surface area contributed by atoms with Crippen LogP contribution in [0.15, 0.2) is 0 Å². The molecular weight excluding hydrogens is 202 g/mol. The zero-order valence-electron chi connectivity index (χ0n) is 8.62. The van der Waals surface area contributed by atoms with Crippen LogP contribution < -0.4 is 16.0 Å². The number of amides is 2. The van der Waals surface area contributed by atoms with E-state index in [0.29, 0.717) is 6.54 Å². The fourth-order valence-corrected chi connectivity index (χ4v) is 0.862. The highest BCUT2D eigenvalue weighted by Gasteiger charge is 2.17. The van der Waals surface area contributed by atoms with E-state index in [2.05, 4.69) is 16.0 Å². The summed E-state index contributed by atoms with van der Waals surface area (Å²) in [7, 11) is 1.80. The van der Waals surface area contributed by atoms with Gasteiger partial charge in [-0.3, -0.25) is 0 Å². The summed E-state index contributed by atoms with van der Waals surface area (Å²) in [5.41, 5.74) is 0. The van der Waals surface area contributed by atoms with E-state index in [9.17, 15) is 9.59 Å². The topological polar surface area (TPSA) is 111 Å². The molecule has 1 atom stereocenters. The van der Waals surface area contributed by atoms with Gasteiger partial charge in [0.1, 0.15) is 0 Å². The molecule has 7 heteroatoms. The summed E-state index contributed by atoms with van der Waals surface area (Å²) in [5, 5.41) is 24.6. The highest BCUT2D eigenvalue weighted by Crippen LogP contribution is 1.82. The Morgan fingerprint density at radius 1 is 1.33 bits per heavy atom. The lowest BCUT2D eigenvalue weighted by Gasteiger charge is -2.12. The number of urea groups is 1. The average molecular weight is 219 g/mol. The zero-order chi connectivity index (χ0) is 11.7. The molecule has 0 saturated heterocycles. The Morgan fingerprint density at radius 2 is 2.00 bits per heavy atom. The van der Waals surface area contributed by atoms with Gasteiger partial charge in [-0.25, -0.2) is 9.59 Å². The van der Waals surface area contributed by atoms with Crippen molar-refractivity contribution in [3.8, 4) is 0 Å². The molecule has 88 valence electrons. The first-order valence-corrected chi connectivity index (χ1v) is 4.64. The maximum absolute atomic E-state index is 11.1. The van der Waals surface area contributed by atoms with Crippen molar-refractivity contribution in [2.24, 2.45) is 0 Å². The van der Waals surface area contributed by atoms with E-state index < -0.39 is 24.6 Å². The van der Waals surface area contributed by atoms with Crippen LogP contribution in [0.4, 0.5) is 4.79 Å². The minimum atomic E-state index is -1.26. The largest absolute Gasteiger partial charge is 0.480 e. The number of aliphatic hydroxyl groups excluding tert-OH is 1. The molecule has 0 heterocycles. The molecule has 15 heavy (non-hydrogen) atoms. The van der Waals surface area contributed by atoms with Gasteiger partial charge < -0.3 is 26.2 Å². The number of aliphatic carboxylic acids is 1. The minimum absolute atomic E-state index is 0.449. The van der Waals surface area contributed by atoms with Gasteiger partial charge in [-0.15, -0.1) is 0 Å².